The van der Waals surface area contributed by atoms with E-state index in [4.69, 9.17) is 4.74 Å². The van der Waals surface area contributed by atoms with Crippen LogP contribution in [0.4, 0.5) is 5.69 Å². The summed E-state index contributed by atoms with van der Waals surface area (Å²) in [5.74, 6) is 0.257. The van der Waals surface area contributed by atoms with Crippen LogP contribution >= 0.6 is 0 Å². The van der Waals surface area contributed by atoms with Gasteiger partial charge in [0.1, 0.15) is 11.5 Å². The van der Waals surface area contributed by atoms with Crippen molar-refractivity contribution in [2.45, 2.75) is 13.8 Å². The second-order valence-electron chi connectivity index (χ2n) is 4.08. The van der Waals surface area contributed by atoms with Crippen molar-refractivity contribution in [3.8, 4) is 11.5 Å². The van der Waals surface area contributed by atoms with Gasteiger partial charge in [0.25, 0.3) is 0 Å². The maximum absolute atomic E-state index is 11.8. The summed E-state index contributed by atoms with van der Waals surface area (Å²) in [7, 11) is 1.52. The molecule has 0 aromatic heterocycles. The molecule has 0 aliphatic heterocycles. The van der Waals surface area contributed by atoms with Gasteiger partial charge in [0, 0.05) is 18.5 Å². The third kappa shape index (κ3) is 3.92. The van der Waals surface area contributed by atoms with Gasteiger partial charge >= 0.3 is 0 Å². The highest BCUT2D eigenvalue weighted by molar-refractivity contribution is 5.93. The monoisotopic (exact) mass is 252 g/mol. The Hall–Kier alpha value is -1.75. The lowest BCUT2D eigenvalue weighted by Crippen LogP contribution is -2.30. The molecule has 0 radical (unpaired) electrons. The second kappa shape index (κ2) is 6.86. The fourth-order valence-electron chi connectivity index (χ4n) is 1.45. The Bertz CT molecular complexity index is 407. The number of rotatable bonds is 6. The van der Waals surface area contributed by atoms with Gasteiger partial charge in [-0.05, 0) is 18.7 Å². The average molecular weight is 252 g/mol. The van der Waals surface area contributed by atoms with Gasteiger partial charge in [-0.1, -0.05) is 13.8 Å². The summed E-state index contributed by atoms with van der Waals surface area (Å²) in [6.07, 6.45) is 0. The first-order valence-corrected chi connectivity index (χ1v) is 5.97. The minimum atomic E-state index is -0.161. The van der Waals surface area contributed by atoms with Gasteiger partial charge < -0.3 is 20.5 Å². The summed E-state index contributed by atoms with van der Waals surface area (Å²) in [6.45, 7) is 5.25. The summed E-state index contributed by atoms with van der Waals surface area (Å²) in [5, 5.41) is 15.5. The third-order valence-corrected chi connectivity index (χ3v) is 2.61. The topological polar surface area (TPSA) is 70.6 Å². The minimum Gasteiger partial charge on any atom is -0.506 e. The number of phenolic OH excluding ortho intramolecular Hbond substituents is 1. The number of phenols is 1. The number of carbonyl (C=O) groups is 1. The normalized spacial score (nSPS) is 11.9. The fourth-order valence-corrected chi connectivity index (χ4v) is 1.45. The van der Waals surface area contributed by atoms with Crippen molar-refractivity contribution in [1.29, 1.82) is 0 Å². The number of carbonyl (C=O) groups excluding carboxylic acids is 1. The molecule has 1 rings (SSSR count). The van der Waals surface area contributed by atoms with Crippen LogP contribution in [0.3, 0.4) is 0 Å². The zero-order chi connectivity index (χ0) is 13.5. The first-order chi connectivity index (χ1) is 8.58. The molecule has 1 aromatic carbocycles. The molecule has 0 heterocycles. The molecule has 0 bridgehead atoms. The van der Waals surface area contributed by atoms with E-state index in [2.05, 4.69) is 10.6 Å². The Morgan fingerprint density at radius 2 is 2.22 bits per heavy atom. The molecule has 0 saturated heterocycles. The van der Waals surface area contributed by atoms with Crippen LogP contribution in [-0.4, -0.2) is 31.2 Å². The number of anilines is 1. The van der Waals surface area contributed by atoms with Crippen LogP contribution in [0.5, 0.6) is 11.5 Å². The highest BCUT2D eigenvalue weighted by Crippen LogP contribution is 2.28. The van der Waals surface area contributed by atoms with Gasteiger partial charge in [-0.3, -0.25) is 4.79 Å². The molecule has 100 valence electrons. The van der Waals surface area contributed by atoms with E-state index in [0.29, 0.717) is 18.0 Å². The Kier molecular flexibility index (Phi) is 5.45. The standard InChI is InChI=1S/C13H20N2O3/c1-4-14-8-9(2)13(17)15-11-6-5-10(18-3)7-12(11)16/h5-7,9,14,16H,4,8H2,1-3H3,(H,15,17). The van der Waals surface area contributed by atoms with Crippen molar-refractivity contribution in [1.82, 2.24) is 5.32 Å². The molecular weight excluding hydrogens is 232 g/mol. The van der Waals surface area contributed by atoms with E-state index >= 15 is 0 Å². The van der Waals surface area contributed by atoms with Crippen molar-refractivity contribution < 1.29 is 14.6 Å². The molecule has 1 atom stereocenters. The van der Waals surface area contributed by atoms with Crippen LogP contribution in [0.2, 0.25) is 0 Å². The molecule has 1 aromatic rings. The Morgan fingerprint density at radius 3 is 2.78 bits per heavy atom. The predicted octanol–water partition coefficient (Wildman–Crippen LogP) is 1.58. The summed E-state index contributed by atoms with van der Waals surface area (Å²) >= 11 is 0. The molecule has 1 amide bonds. The number of ether oxygens (including phenoxy) is 1. The molecule has 0 spiro atoms. The number of methoxy groups -OCH3 is 1. The van der Waals surface area contributed by atoms with Crippen LogP contribution in [0.1, 0.15) is 13.8 Å². The quantitative estimate of drug-likeness (QED) is 0.672. The maximum Gasteiger partial charge on any atom is 0.228 e. The SMILES string of the molecule is CCNCC(C)C(=O)Nc1ccc(OC)cc1O. The molecule has 0 aliphatic rings. The van der Waals surface area contributed by atoms with Crippen molar-refractivity contribution in [2.75, 3.05) is 25.5 Å². The summed E-state index contributed by atoms with van der Waals surface area (Å²) in [4.78, 5) is 11.8. The smallest absolute Gasteiger partial charge is 0.228 e. The average Bonchev–Trinajstić information content (AvgIpc) is 2.38. The maximum atomic E-state index is 11.8. The van der Waals surface area contributed by atoms with E-state index in [1.807, 2.05) is 13.8 Å². The van der Waals surface area contributed by atoms with Gasteiger partial charge in [-0.25, -0.2) is 0 Å². The molecule has 0 fully saturated rings. The molecule has 18 heavy (non-hydrogen) atoms. The van der Waals surface area contributed by atoms with E-state index in [-0.39, 0.29) is 17.6 Å². The van der Waals surface area contributed by atoms with Crippen LogP contribution in [0.25, 0.3) is 0 Å². The summed E-state index contributed by atoms with van der Waals surface area (Å²) in [6, 6.07) is 4.76. The second-order valence-corrected chi connectivity index (χ2v) is 4.08. The molecular formula is C13H20N2O3. The van der Waals surface area contributed by atoms with E-state index < -0.39 is 0 Å². The first kappa shape index (κ1) is 14.3. The molecule has 0 aliphatic carbocycles. The minimum absolute atomic E-state index is 0.00153. The van der Waals surface area contributed by atoms with Crippen molar-refractivity contribution in [3.63, 3.8) is 0 Å². The van der Waals surface area contributed by atoms with Crippen LogP contribution in [-0.2, 0) is 4.79 Å². The van der Waals surface area contributed by atoms with Gasteiger partial charge in [0.2, 0.25) is 5.91 Å². The number of nitrogens with one attached hydrogen (secondary N) is 2. The Morgan fingerprint density at radius 1 is 1.50 bits per heavy atom. The molecule has 0 saturated carbocycles. The molecule has 3 N–H and O–H groups in total. The van der Waals surface area contributed by atoms with Crippen LogP contribution in [0.15, 0.2) is 18.2 Å². The van der Waals surface area contributed by atoms with Crippen molar-refractivity contribution >= 4 is 11.6 Å². The predicted molar refractivity (Wildman–Crippen MR) is 71.0 cm³/mol. The van der Waals surface area contributed by atoms with Gasteiger partial charge in [-0.2, -0.15) is 0 Å². The van der Waals surface area contributed by atoms with Gasteiger partial charge in [-0.15, -0.1) is 0 Å². The number of aromatic hydroxyl groups is 1. The Labute approximate surface area is 107 Å². The number of benzene rings is 1. The van der Waals surface area contributed by atoms with Crippen molar-refractivity contribution in [3.05, 3.63) is 18.2 Å². The molecule has 5 heteroatoms. The highest BCUT2D eigenvalue weighted by atomic mass is 16.5. The van der Waals surface area contributed by atoms with Gasteiger partial charge in [0.15, 0.2) is 0 Å². The lowest BCUT2D eigenvalue weighted by atomic mass is 10.1. The molecule has 1 unspecified atom stereocenters. The number of hydrogen-bond acceptors (Lipinski definition) is 4. The number of amides is 1. The zero-order valence-corrected chi connectivity index (χ0v) is 11.0. The lowest BCUT2D eigenvalue weighted by molar-refractivity contribution is -0.119. The zero-order valence-electron chi connectivity index (χ0n) is 11.0. The fraction of sp³-hybridized carbons (Fsp3) is 0.462. The lowest BCUT2D eigenvalue weighted by Gasteiger charge is -2.13. The highest BCUT2D eigenvalue weighted by Gasteiger charge is 2.14. The summed E-state index contributed by atoms with van der Waals surface area (Å²) in [5.41, 5.74) is 0.393. The number of hydrogen-bond donors (Lipinski definition) is 3. The third-order valence-electron chi connectivity index (χ3n) is 2.61. The first-order valence-electron chi connectivity index (χ1n) is 5.97. The van der Waals surface area contributed by atoms with Crippen LogP contribution < -0.4 is 15.4 Å². The van der Waals surface area contributed by atoms with E-state index in [1.54, 1.807) is 12.1 Å². The Balaban J connectivity index is 2.64. The van der Waals surface area contributed by atoms with Crippen molar-refractivity contribution in [2.24, 2.45) is 5.92 Å². The molecule has 5 nitrogen and oxygen atoms in total. The van der Waals surface area contributed by atoms with E-state index in [9.17, 15) is 9.90 Å². The summed E-state index contributed by atoms with van der Waals surface area (Å²) < 4.78 is 4.97. The van der Waals surface area contributed by atoms with E-state index in [1.165, 1.54) is 13.2 Å². The van der Waals surface area contributed by atoms with Crippen LogP contribution in [0, 0.1) is 5.92 Å². The largest absolute Gasteiger partial charge is 0.506 e. The van der Waals surface area contributed by atoms with Gasteiger partial charge in [0.05, 0.1) is 12.8 Å². The van der Waals surface area contributed by atoms with E-state index in [0.717, 1.165) is 6.54 Å².